The predicted octanol–water partition coefficient (Wildman–Crippen LogP) is 3.93. The van der Waals surface area contributed by atoms with E-state index in [1.807, 2.05) is 23.7 Å². The smallest absolute Gasteiger partial charge is 0.123 e. The van der Waals surface area contributed by atoms with Gasteiger partial charge in [-0.1, -0.05) is 19.1 Å². The molecular formula is C27H34F2N4O2. The third kappa shape index (κ3) is 6.52. The zero-order chi connectivity index (χ0) is 24.8. The fraction of sp³-hybridized carbons (Fsp3) is 0.444. The summed E-state index contributed by atoms with van der Waals surface area (Å²) in [6.45, 7) is 6.63. The molecule has 1 unspecified atom stereocenters. The lowest BCUT2D eigenvalue weighted by atomic mass is 10.0. The zero-order valence-corrected chi connectivity index (χ0v) is 20.5. The van der Waals surface area contributed by atoms with E-state index in [2.05, 4.69) is 9.80 Å². The van der Waals surface area contributed by atoms with Crippen molar-refractivity contribution < 1.29 is 18.6 Å². The van der Waals surface area contributed by atoms with E-state index in [0.717, 1.165) is 54.3 Å². The van der Waals surface area contributed by atoms with Gasteiger partial charge in [0.1, 0.15) is 11.6 Å². The van der Waals surface area contributed by atoms with Crippen LogP contribution >= 0.6 is 0 Å². The largest absolute Gasteiger partial charge is 0.392 e. The van der Waals surface area contributed by atoms with Crippen LogP contribution in [0.4, 0.5) is 8.78 Å². The lowest BCUT2D eigenvalue weighted by Gasteiger charge is -2.29. The van der Waals surface area contributed by atoms with Crippen molar-refractivity contribution in [1.82, 2.24) is 19.6 Å². The van der Waals surface area contributed by atoms with Crippen molar-refractivity contribution in [1.29, 1.82) is 0 Å². The molecule has 0 spiro atoms. The summed E-state index contributed by atoms with van der Waals surface area (Å²) in [6, 6.07) is 13.1. The third-order valence-electron chi connectivity index (χ3n) is 6.54. The molecule has 4 rings (SSSR count). The van der Waals surface area contributed by atoms with Crippen LogP contribution in [0.25, 0.3) is 5.69 Å². The predicted molar refractivity (Wildman–Crippen MR) is 131 cm³/mol. The summed E-state index contributed by atoms with van der Waals surface area (Å²) in [4.78, 5) is 4.52. The van der Waals surface area contributed by atoms with Crippen LogP contribution in [0.5, 0.6) is 0 Å². The van der Waals surface area contributed by atoms with E-state index in [9.17, 15) is 13.9 Å². The third-order valence-corrected chi connectivity index (χ3v) is 6.54. The van der Waals surface area contributed by atoms with Gasteiger partial charge in [0.25, 0.3) is 0 Å². The average Bonchev–Trinajstić information content (AvgIpc) is 3.21. The van der Waals surface area contributed by atoms with Gasteiger partial charge in [-0.2, -0.15) is 5.10 Å². The molecule has 1 N–H and O–H groups in total. The highest BCUT2D eigenvalue weighted by atomic mass is 19.1. The van der Waals surface area contributed by atoms with Crippen molar-refractivity contribution in [2.75, 3.05) is 33.4 Å². The molecule has 2 aromatic carbocycles. The number of aliphatic hydroxyl groups excluding tert-OH is 1. The summed E-state index contributed by atoms with van der Waals surface area (Å²) in [7, 11) is 1.67. The Balaban J connectivity index is 1.63. The Morgan fingerprint density at radius 3 is 2.43 bits per heavy atom. The first-order chi connectivity index (χ1) is 17.0. The maximum atomic E-state index is 13.6. The van der Waals surface area contributed by atoms with Crippen LogP contribution in [0, 0.1) is 11.6 Å². The Bertz CT molecular complexity index is 1090. The molecule has 0 fully saturated rings. The maximum Gasteiger partial charge on any atom is 0.123 e. The molecule has 1 atom stereocenters. The highest BCUT2D eigenvalue weighted by molar-refractivity contribution is 5.39. The molecule has 1 aliphatic rings. The van der Waals surface area contributed by atoms with E-state index in [0.29, 0.717) is 32.7 Å². The summed E-state index contributed by atoms with van der Waals surface area (Å²) >= 11 is 0. The van der Waals surface area contributed by atoms with Crippen LogP contribution in [-0.2, 0) is 30.8 Å². The second-order valence-corrected chi connectivity index (χ2v) is 9.14. The standard InChI is InChI=1S/C27H34F2N4O2/c1-3-24(34)17-32(14-15-35-2)19-26-25-18-31(16-20-4-6-21(28)7-5-20)13-12-27(25)33(30-26)23-10-8-22(29)9-11-23/h4-11,24,34H,3,12-19H2,1-2H3. The van der Waals surface area contributed by atoms with Crippen molar-refractivity contribution in [3.05, 3.63) is 82.7 Å². The Morgan fingerprint density at radius 1 is 1.09 bits per heavy atom. The van der Waals surface area contributed by atoms with Gasteiger partial charge in [-0.15, -0.1) is 0 Å². The molecule has 0 bridgehead atoms. The van der Waals surface area contributed by atoms with Crippen molar-refractivity contribution >= 4 is 0 Å². The fourth-order valence-electron chi connectivity index (χ4n) is 4.54. The molecule has 3 aromatic rings. The van der Waals surface area contributed by atoms with Gasteiger partial charge in [-0.25, -0.2) is 13.5 Å². The second kappa shape index (κ2) is 11.9. The lowest BCUT2D eigenvalue weighted by molar-refractivity contribution is 0.0819. The quantitative estimate of drug-likeness (QED) is 0.447. The number of nitrogens with zero attached hydrogens (tertiary/aromatic N) is 4. The number of ether oxygens (including phenoxy) is 1. The topological polar surface area (TPSA) is 53.8 Å². The van der Waals surface area contributed by atoms with Crippen LogP contribution in [0.15, 0.2) is 48.5 Å². The molecular weight excluding hydrogens is 450 g/mol. The van der Waals surface area contributed by atoms with Gasteiger partial charge in [0.2, 0.25) is 0 Å². The number of aromatic nitrogens is 2. The maximum absolute atomic E-state index is 13.6. The van der Waals surface area contributed by atoms with Gasteiger partial charge in [0, 0.05) is 58.4 Å². The normalized spacial score (nSPS) is 14.9. The zero-order valence-electron chi connectivity index (χ0n) is 20.5. The number of hydrogen-bond acceptors (Lipinski definition) is 5. The summed E-state index contributed by atoms with van der Waals surface area (Å²) in [5.41, 5.74) is 5.14. The van der Waals surface area contributed by atoms with Crippen LogP contribution in [0.2, 0.25) is 0 Å². The minimum Gasteiger partial charge on any atom is -0.392 e. The van der Waals surface area contributed by atoms with E-state index >= 15 is 0 Å². The number of fused-ring (bicyclic) bond motifs is 1. The lowest BCUT2D eigenvalue weighted by Crippen LogP contribution is -2.35. The van der Waals surface area contributed by atoms with E-state index in [-0.39, 0.29) is 11.6 Å². The Hall–Kier alpha value is -2.65. The molecule has 0 aliphatic carbocycles. The second-order valence-electron chi connectivity index (χ2n) is 9.14. The minimum absolute atomic E-state index is 0.233. The Kier molecular flexibility index (Phi) is 8.62. The summed E-state index contributed by atoms with van der Waals surface area (Å²) < 4.78 is 34.2. The van der Waals surface area contributed by atoms with Crippen molar-refractivity contribution in [2.45, 2.75) is 45.5 Å². The Labute approximate surface area is 205 Å². The van der Waals surface area contributed by atoms with E-state index in [1.54, 1.807) is 19.2 Å². The van der Waals surface area contributed by atoms with Gasteiger partial charge in [-0.05, 0) is 48.4 Å². The molecule has 6 nitrogen and oxygen atoms in total. The monoisotopic (exact) mass is 484 g/mol. The van der Waals surface area contributed by atoms with Crippen molar-refractivity contribution in [2.24, 2.45) is 0 Å². The first-order valence-electron chi connectivity index (χ1n) is 12.2. The molecule has 1 aliphatic heterocycles. The Morgan fingerprint density at radius 2 is 1.77 bits per heavy atom. The first-order valence-corrected chi connectivity index (χ1v) is 12.2. The molecule has 1 aromatic heterocycles. The van der Waals surface area contributed by atoms with Crippen LogP contribution < -0.4 is 0 Å². The first kappa shape index (κ1) is 25.4. The summed E-state index contributed by atoms with van der Waals surface area (Å²) in [5.74, 6) is -0.511. The van der Waals surface area contributed by atoms with Crippen molar-refractivity contribution in [3.63, 3.8) is 0 Å². The minimum atomic E-state index is -0.420. The molecule has 35 heavy (non-hydrogen) atoms. The SMILES string of the molecule is CCC(O)CN(CCOC)Cc1nn(-c2ccc(F)cc2)c2c1CN(Cc1ccc(F)cc1)CC2. The van der Waals surface area contributed by atoms with E-state index in [1.165, 1.54) is 24.3 Å². The van der Waals surface area contributed by atoms with Gasteiger partial charge >= 0.3 is 0 Å². The number of halogens is 2. The summed E-state index contributed by atoms with van der Waals surface area (Å²) in [5, 5.41) is 15.3. The number of methoxy groups -OCH3 is 1. The number of hydrogen-bond donors (Lipinski definition) is 1. The molecule has 8 heteroatoms. The molecule has 0 radical (unpaired) electrons. The number of rotatable bonds is 11. The molecule has 0 saturated carbocycles. The van der Waals surface area contributed by atoms with Crippen molar-refractivity contribution in [3.8, 4) is 5.69 Å². The van der Waals surface area contributed by atoms with Crippen LogP contribution in [0.1, 0.15) is 35.9 Å². The van der Waals surface area contributed by atoms with Crippen LogP contribution in [0.3, 0.4) is 0 Å². The molecule has 0 saturated heterocycles. The number of benzene rings is 2. The molecule has 0 amide bonds. The van der Waals surface area contributed by atoms with Gasteiger partial charge < -0.3 is 9.84 Å². The van der Waals surface area contributed by atoms with E-state index in [4.69, 9.17) is 9.84 Å². The number of aliphatic hydroxyl groups is 1. The van der Waals surface area contributed by atoms with Gasteiger partial charge in [0.05, 0.1) is 29.8 Å². The van der Waals surface area contributed by atoms with Crippen LogP contribution in [-0.4, -0.2) is 64.1 Å². The van der Waals surface area contributed by atoms with Gasteiger partial charge in [-0.3, -0.25) is 9.80 Å². The fourth-order valence-corrected chi connectivity index (χ4v) is 4.54. The highest BCUT2D eigenvalue weighted by Gasteiger charge is 2.27. The molecule has 2 heterocycles. The highest BCUT2D eigenvalue weighted by Crippen LogP contribution is 2.27. The van der Waals surface area contributed by atoms with Gasteiger partial charge in [0.15, 0.2) is 0 Å². The average molecular weight is 485 g/mol. The molecule has 188 valence electrons. The summed E-state index contributed by atoms with van der Waals surface area (Å²) in [6.07, 6.45) is 1.06. The van der Waals surface area contributed by atoms with E-state index < -0.39 is 6.10 Å².